The van der Waals surface area contributed by atoms with Gasteiger partial charge >= 0.3 is 0 Å². The van der Waals surface area contributed by atoms with Crippen molar-refractivity contribution in [1.29, 1.82) is 0 Å². The molecule has 3 rings (SSSR count). The number of ketones is 1. The van der Waals surface area contributed by atoms with Gasteiger partial charge in [0.2, 0.25) is 5.91 Å². The molecule has 0 aromatic carbocycles. The second-order valence-electron chi connectivity index (χ2n) is 6.55. The Kier molecular flexibility index (Phi) is 6.69. The number of furan rings is 1. The highest BCUT2D eigenvalue weighted by atomic mass is 32.2. The molecule has 0 bridgehead atoms. The number of Topliss-reactive ketones (excluding diaryl/α,β-unsaturated/α-hetero) is 1. The minimum absolute atomic E-state index is 0.0303. The van der Waals surface area contributed by atoms with Crippen molar-refractivity contribution in [3.05, 3.63) is 51.9 Å². The molecule has 0 radical (unpaired) electrons. The molecule has 0 fully saturated rings. The number of rotatable bonds is 9. The van der Waals surface area contributed by atoms with Crippen LogP contribution in [0.25, 0.3) is 0 Å². The summed E-state index contributed by atoms with van der Waals surface area (Å²) in [6, 6.07) is 7.43. The molecule has 9 heteroatoms. The van der Waals surface area contributed by atoms with Crippen molar-refractivity contribution in [1.82, 2.24) is 20.1 Å². The van der Waals surface area contributed by atoms with Gasteiger partial charge in [-0.15, -0.1) is 21.5 Å². The van der Waals surface area contributed by atoms with Gasteiger partial charge in [-0.2, -0.15) is 0 Å². The Balaban J connectivity index is 1.67. The van der Waals surface area contributed by atoms with Crippen molar-refractivity contribution in [2.24, 2.45) is 0 Å². The summed E-state index contributed by atoms with van der Waals surface area (Å²) >= 11 is 2.77. The fraction of sp³-hybridized carbons (Fsp3) is 0.368. The molecule has 0 aliphatic carbocycles. The van der Waals surface area contributed by atoms with Gasteiger partial charge in [0.1, 0.15) is 11.6 Å². The maximum atomic E-state index is 12.6. The Hall–Kier alpha value is -2.39. The molecule has 3 aromatic heterocycles. The average Bonchev–Trinajstić information content (AvgIpc) is 3.39. The summed E-state index contributed by atoms with van der Waals surface area (Å²) in [4.78, 5) is 25.2. The summed E-state index contributed by atoms with van der Waals surface area (Å²) in [5.41, 5.74) is 0. The molecule has 0 unspecified atom stereocenters. The number of carbonyl (C=O) groups excluding carboxylic acids is 2. The number of thioether (sulfide) groups is 1. The van der Waals surface area contributed by atoms with Gasteiger partial charge in [0.15, 0.2) is 10.9 Å². The van der Waals surface area contributed by atoms with Gasteiger partial charge < -0.3 is 9.73 Å². The summed E-state index contributed by atoms with van der Waals surface area (Å²) in [5.74, 6) is 2.10. The van der Waals surface area contributed by atoms with Crippen LogP contribution < -0.4 is 5.32 Å². The molecular weight excluding hydrogens is 396 g/mol. The highest BCUT2D eigenvalue weighted by Crippen LogP contribution is 2.25. The molecule has 0 aliphatic heterocycles. The molecule has 3 aromatic rings. The second-order valence-corrected chi connectivity index (χ2v) is 8.66. The van der Waals surface area contributed by atoms with Crippen LogP contribution in [0, 0.1) is 0 Å². The third-order valence-corrected chi connectivity index (χ3v) is 6.03. The first kappa shape index (κ1) is 20.3. The topological polar surface area (TPSA) is 90.0 Å². The number of nitrogens with one attached hydrogen (secondary N) is 1. The zero-order valence-corrected chi connectivity index (χ0v) is 17.6. The van der Waals surface area contributed by atoms with Gasteiger partial charge in [-0.1, -0.05) is 25.6 Å². The number of nitrogens with zero attached hydrogens (tertiary/aromatic N) is 3. The molecular formula is C19H22N4O3S2. The first-order valence-electron chi connectivity index (χ1n) is 8.88. The molecule has 0 aliphatic rings. The lowest BCUT2D eigenvalue weighted by Crippen LogP contribution is -2.18. The van der Waals surface area contributed by atoms with E-state index in [0.717, 1.165) is 16.5 Å². The Morgan fingerprint density at radius 1 is 1.29 bits per heavy atom. The molecule has 28 heavy (non-hydrogen) atoms. The van der Waals surface area contributed by atoms with Gasteiger partial charge in [-0.3, -0.25) is 14.2 Å². The molecule has 1 N–H and O–H groups in total. The predicted molar refractivity (Wildman–Crippen MR) is 109 cm³/mol. The van der Waals surface area contributed by atoms with E-state index in [0.29, 0.717) is 23.1 Å². The molecule has 0 saturated heterocycles. The minimum atomic E-state index is -0.0892. The number of hydrogen-bond donors (Lipinski definition) is 1. The van der Waals surface area contributed by atoms with Crippen molar-refractivity contribution in [2.45, 2.75) is 44.9 Å². The van der Waals surface area contributed by atoms with Crippen molar-refractivity contribution in [3.8, 4) is 0 Å². The lowest BCUT2D eigenvalue weighted by atomic mass is 10.2. The Bertz CT molecular complexity index is 944. The zero-order valence-electron chi connectivity index (χ0n) is 16.0. The summed E-state index contributed by atoms with van der Waals surface area (Å²) in [7, 11) is 0. The number of aromatic nitrogens is 3. The largest absolute Gasteiger partial charge is 0.467 e. The van der Waals surface area contributed by atoms with Crippen LogP contribution in [0.5, 0.6) is 0 Å². The summed E-state index contributed by atoms with van der Waals surface area (Å²) < 4.78 is 7.45. The molecule has 0 saturated carbocycles. The van der Waals surface area contributed by atoms with E-state index in [4.69, 9.17) is 4.42 Å². The van der Waals surface area contributed by atoms with Gasteiger partial charge in [-0.05, 0) is 24.3 Å². The van der Waals surface area contributed by atoms with Crippen LogP contribution in [-0.4, -0.2) is 32.2 Å². The summed E-state index contributed by atoms with van der Waals surface area (Å²) in [6.07, 6.45) is 1.64. The first-order valence-corrected chi connectivity index (χ1v) is 10.7. The minimum Gasteiger partial charge on any atom is -0.467 e. The Morgan fingerprint density at radius 2 is 2.11 bits per heavy atom. The van der Waals surface area contributed by atoms with Gasteiger partial charge in [0, 0.05) is 17.7 Å². The smallest absolute Gasteiger partial charge is 0.217 e. The van der Waals surface area contributed by atoms with E-state index in [1.807, 2.05) is 22.8 Å². The van der Waals surface area contributed by atoms with Crippen LogP contribution in [0.3, 0.4) is 0 Å². The van der Waals surface area contributed by atoms with Gasteiger partial charge in [0.25, 0.3) is 0 Å². The van der Waals surface area contributed by atoms with Gasteiger partial charge in [0.05, 0.1) is 30.0 Å². The van der Waals surface area contributed by atoms with Crippen LogP contribution in [0.1, 0.15) is 52.8 Å². The SMILES string of the molecule is CC(=O)NCc1ccc(C(=O)CSc2nnc(C(C)C)n2Cc2ccco2)s1. The molecule has 7 nitrogen and oxygen atoms in total. The number of thiophene rings is 1. The van der Waals surface area contributed by atoms with Crippen LogP contribution in [0.4, 0.5) is 0 Å². The maximum absolute atomic E-state index is 12.6. The highest BCUT2D eigenvalue weighted by molar-refractivity contribution is 7.99. The number of carbonyl (C=O) groups is 2. The second kappa shape index (κ2) is 9.20. The fourth-order valence-corrected chi connectivity index (χ4v) is 4.38. The van der Waals surface area contributed by atoms with E-state index in [2.05, 4.69) is 29.4 Å². The predicted octanol–water partition coefficient (Wildman–Crippen LogP) is 3.72. The molecule has 1 amide bonds. The molecule has 0 atom stereocenters. The third-order valence-electron chi connectivity index (χ3n) is 3.94. The van der Waals surface area contributed by atoms with Crippen molar-refractivity contribution in [3.63, 3.8) is 0 Å². The summed E-state index contributed by atoms with van der Waals surface area (Å²) in [6.45, 7) is 6.56. The van der Waals surface area contributed by atoms with Crippen molar-refractivity contribution >= 4 is 34.8 Å². The molecule has 0 spiro atoms. The molecule has 148 valence electrons. The first-order chi connectivity index (χ1) is 13.4. The van der Waals surface area contributed by atoms with Crippen LogP contribution >= 0.6 is 23.1 Å². The van der Waals surface area contributed by atoms with Gasteiger partial charge in [-0.25, -0.2) is 0 Å². The quantitative estimate of drug-likeness (QED) is 0.421. The molecule has 3 heterocycles. The van der Waals surface area contributed by atoms with E-state index in [9.17, 15) is 9.59 Å². The third kappa shape index (κ3) is 5.11. The normalized spacial score (nSPS) is 11.1. The highest BCUT2D eigenvalue weighted by Gasteiger charge is 2.18. The van der Waals surface area contributed by atoms with Crippen LogP contribution in [0.15, 0.2) is 40.1 Å². The Labute approximate surface area is 171 Å². The standard InChI is InChI=1S/C19H22N4O3S2/c1-12(2)18-21-22-19(23(18)10-14-5-4-8-26-14)27-11-16(25)17-7-6-15(28-17)9-20-13(3)24/h4-8,12H,9-11H2,1-3H3,(H,20,24). The van der Waals surface area contributed by atoms with E-state index < -0.39 is 0 Å². The zero-order chi connectivity index (χ0) is 20.1. The Morgan fingerprint density at radius 3 is 2.79 bits per heavy atom. The lowest BCUT2D eigenvalue weighted by molar-refractivity contribution is -0.119. The van der Waals surface area contributed by atoms with Crippen molar-refractivity contribution < 1.29 is 14.0 Å². The fourth-order valence-electron chi connectivity index (χ4n) is 2.58. The van der Waals surface area contributed by atoms with Crippen molar-refractivity contribution in [2.75, 3.05) is 5.75 Å². The lowest BCUT2D eigenvalue weighted by Gasteiger charge is -2.10. The van der Waals surface area contributed by atoms with E-state index >= 15 is 0 Å². The summed E-state index contributed by atoms with van der Waals surface area (Å²) in [5, 5.41) is 12.0. The number of amides is 1. The van der Waals surface area contributed by atoms with E-state index in [1.165, 1.54) is 30.0 Å². The number of hydrogen-bond acceptors (Lipinski definition) is 7. The maximum Gasteiger partial charge on any atom is 0.217 e. The van der Waals surface area contributed by atoms with Crippen LogP contribution in [0.2, 0.25) is 0 Å². The van der Waals surface area contributed by atoms with E-state index in [-0.39, 0.29) is 23.4 Å². The average molecular weight is 419 g/mol. The monoisotopic (exact) mass is 418 g/mol. The van der Waals surface area contributed by atoms with E-state index in [1.54, 1.807) is 12.3 Å². The van der Waals surface area contributed by atoms with Crippen LogP contribution in [-0.2, 0) is 17.9 Å².